The van der Waals surface area contributed by atoms with Gasteiger partial charge in [0, 0.05) is 12.5 Å². The molecular formula is C17H19NO4. The molecule has 1 heterocycles. The molecule has 0 spiro atoms. The zero-order valence-corrected chi connectivity index (χ0v) is 12.3. The monoisotopic (exact) mass is 301 g/mol. The van der Waals surface area contributed by atoms with Crippen molar-refractivity contribution in [3.05, 3.63) is 35.9 Å². The lowest BCUT2D eigenvalue weighted by Gasteiger charge is -2.27. The van der Waals surface area contributed by atoms with E-state index in [0.717, 1.165) is 5.56 Å². The van der Waals surface area contributed by atoms with Crippen LogP contribution in [0.25, 0.3) is 0 Å². The summed E-state index contributed by atoms with van der Waals surface area (Å²) in [5.41, 5.74) is 0.863. The van der Waals surface area contributed by atoms with E-state index in [1.54, 1.807) is 0 Å². The molecule has 1 saturated heterocycles. The number of hydrogen-bond donors (Lipinski definition) is 1. The number of ether oxygens (including phenoxy) is 1. The predicted molar refractivity (Wildman–Crippen MR) is 81.0 cm³/mol. The highest BCUT2D eigenvalue weighted by Gasteiger charge is 2.41. The highest BCUT2D eigenvalue weighted by Crippen LogP contribution is 2.28. The van der Waals surface area contributed by atoms with Crippen molar-refractivity contribution in [2.75, 3.05) is 0 Å². The van der Waals surface area contributed by atoms with Gasteiger partial charge in [0.1, 0.15) is 12.6 Å². The van der Waals surface area contributed by atoms with Crippen LogP contribution >= 0.6 is 0 Å². The van der Waals surface area contributed by atoms with Crippen LogP contribution in [-0.2, 0) is 16.1 Å². The van der Waals surface area contributed by atoms with E-state index in [1.165, 1.54) is 4.90 Å². The molecule has 0 saturated carbocycles. The minimum absolute atomic E-state index is 0.129. The fraction of sp³-hybridized carbons (Fsp3) is 0.412. The van der Waals surface area contributed by atoms with Crippen LogP contribution in [-0.4, -0.2) is 34.2 Å². The summed E-state index contributed by atoms with van der Waals surface area (Å²) < 4.78 is 5.27. The molecule has 1 aliphatic heterocycles. The van der Waals surface area contributed by atoms with Gasteiger partial charge in [0.05, 0.1) is 0 Å². The van der Waals surface area contributed by atoms with E-state index in [2.05, 4.69) is 5.92 Å². The van der Waals surface area contributed by atoms with E-state index in [1.807, 2.05) is 30.3 Å². The normalized spacial score (nSPS) is 20.4. The molecule has 0 radical (unpaired) electrons. The number of carboxylic acid groups (broad SMARTS) is 1. The van der Waals surface area contributed by atoms with Gasteiger partial charge in [-0.05, 0) is 24.8 Å². The first-order valence-electron chi connectivity index (χ1n) is 7.28. The molecule has 1 aromatic carbocycles. The quantitative estimate of drug-likeness (QED) is 0.849. The Kier molecular flexibility index (Phi) is 5.42. The molecule has 0 aromatic heterocycles. The number of carbonyl (C=O) groups excluding carboxylic acids is 1. The van der Waals surface area contributed by atoms with Crippen molar-refractivity contribution in [2.45, 2.75) is 44.4 Å². The highest BCUT2D eigenvalue weighted by atomic mass is 16.6. The van der Waals surface area contributed by atoms with E-state index >= 15 is 0 Å². The van der Waals surface area contributed by atoms with Crippen molar-refractivity contribution in [3.8, 4) is 12.3 Å². The second-order valence-electron chi connectivity index (χ2n) is 5.28. The summed E-state index contributed by atoms with van der Waals surface area (Å²) in [7, 11) is 0. The standard InChI is InChI=1S/C17H19NO4/c1-2-3-9-14-10-11-15(16(19)20)18(14)17(21)22-12-13-7-5-4-6-8-13/h1,4-8,14-15H,3,9-12H2,(H,19,20). The topological polar surface area (TPSA) is 66.8 Å². The fourth-order valence-corrected chi connectivity index (χ4v) is 2.73. The molecule has 0 bridgehead atoms. The third-order valence-corrected chi connectivity index (χ3v) is 3.83. The number of rotatable bonds is 5. The SMILES string of the molecule is C#CCCC1CCC(C(=O)O)N1C(=O)OCc1ccccc1. The van der Waals surface area contributed by atoms with Crippen LogP contribution in [0.5, 0.6) is 0 Å². The second-order valence-corrected chi connectivity index (χ2v) is 5.28. The Labute approximate surface area is 129 Å². The second kappa shape index (κ2) is 7.51. The van der Waals surface area contributed by atoms with Gasteiger partial charge in [-0.2, -0.15) is 0 Å². The molecular weight excluding hydrogens is 282 g/mol. The van der Waals surface area contributed by atoms with Crippen LogP contribution in [0, 0.1) is 12.3 Å². The minimum atomic E-state index is -1.00. The van der Waals surface area contributed by atoms with Crippen molar-refractivity contribution >= 4 is 12.1 Å². The maximum Gasteiger partial charge on any atom is 0.411 e. The Balaban J connectivity index is 2.02. The van der Waals surface area contributed by atoms with Crippen molar-refractivity contribution < 1.29 is 19.4 Å². The highest BCUT2D eigenvalue weighted by molar-refractivity contribution is 5.81. The molecule has 0 aliphatic carbocycles. The zero-order chi connectivity index (χ0) is 15.9. The van der Waals surface area contributed by atoms with E-state index in [-0.39, 0.29) is 12.6 Å². The molecule has 2 rings (SSSR count). The summed E-state index contributed by atoms with van der Waals surface area (Å²) in [6.45, 7) is 0.129. The van der Waals surface area contributed by atoms with E-state index in [0.29, 0.717) is 25.7 Å². The zero-order valence-electron chi connectivity index (χ0n) is 12.3. The molecule has 2 atom stereocenters. The first-order valence-corrected chi connectivity index (χ1v) is 7.28. The molecule has 5 heteroatoms. The van der Waals surface area contributed by atoms with Crippen LogP contribution in [0.3, 0.4) is 0 Å². The van der Waals surface area contributed by atoms with Gasteiger partial charge in [-0.1, -0.05) is 30.3 Å². The van der Waals surface area contributed by atoms with E-state index < -0.39 is 18.1 Å². The number of benzene rings is 1. The number of amides is 1. The number of terminal acetylenes is 1. The van der Waals surface area contributed by atoms with E-state index in [4.69, 9.17) is 11.2 Å². The number of likely N-dealkylation sites (tertiary alicyclic amines) is 1. The van der Waals surface area contributed by atoms with Gasteiger partial charge in [-0.25, -0.2) is 9.59 Å². The van der Waals surface area contributed by atoms with Gasteiger partial charge in [-0.15, -0.1) is 12.3 Å². The van der Waals surface area contributed by atoms with Gasteiger partial charge >= 0.3 is 12.1 Å². The number of aliphatic carboxylic acids is 1. The largest absolute Gasteiger partial charge is 0.480 e. The fourth-order valence-electron chi connectivity index (χ4n) is 2.73. The molecule has 1 aromatic rings. The number of carboxylic acids is 1. The molecule has 2 unspecified atom stereocenters. The van der Waals surface area contributed by atoms with Gasteiger partial charge in [0.15, 0.2) is 0 Å². The summed E-state index contributed by atoms with van der Waals surface area (Å²) in [6, 6.07) is 8.29. The Hall–Kier alpha value is -2.48. The summed E-state index contributed by atoms with van der Waals surface area (Å²) in [4.78, 5) is 25.0. The summed E-state index contributed by atoms with van der Waals surface area (Å²) in [6.07, 6.45) is 6.85. The summed E-state index contributed by atoms with van der Waals surface area (Å²) in [5.74, 6) is 1.53. The Morgan fingerprint density at radius 1 is 1.32 bits per heavy atom. The predicted octanol–water partition coefficient (Wildman–Crippen LogP) is 2.65. The lowest BCUT2D eigenvalue weighted by molar-refractivity contribution is -0.142. The smallest absolute Gasteiger partial charge is 0.411 e. The average molecular weight is 301 g/mol. The van der Waals surface area contributed by atoms with Crippen molar-refractivity contribution in [2.24, 2.45) is 0 Å². The van der Waals surface area contributed by atoms with Crippen LogP contribution in [0.4, 0.5) is 4.79 Å². The van der Waals surface area contributed by atoms with Gasteiger partial charge in [0.2, 0.25) is 0 Å². The Morgan fingerprint density at radius 3 is 2.68 bits per heavy atom. The first kappa shape index (κ1) is 15.9. The third kappa shape index (κ3) is 3.79. The van der Waals surface area contributed by atoms with Crippen LogP contribution in [0.15, 0.2) is 30.3 Å². The van der Waals surface area contributed by atoms with Crippen LogP contribution in [0.2, 0.25) is 0 Å². The summed E-state index contributed by atoms with van der Waals surface area (Å²) >= 11 is 0. The van der Waals surface area contributed by atoms with Gasteiger partial charge < -0.3 is 9.84 Å². The van der Waals surface area contributed by atoms with Crippen LogP contribution < -0.4 is 0 Å². The molecule has 1 N–H and O–H groups in total. The maximum atomic E-state index is 12.3. The Morgan fingerprint density at radius 2 is 2.05 bits per heavy atom. The Bertz CT molecular complexity index is 564. The van der Waals surface area contributed by atoms with Crippen molar-refractivity contribution in [1.29, 1.82) is 0 Å². The molecule has 5 nitrogen and oxygen atoms in total. The number of nitrogens with zero attached hydrogens (tertiary/aromatic N) is 1. The first-order chi connectivity index (χ1) is 10.6. The van der Waals surface area contributed by atoms with E-state index in [9.17, 15) is 14.7 Å². The molecule has 1 aliphatic rings. The molecule has 1 amide bonds. The van der Waals surface area contributed by atoms with Gasteiger partial charge in [0.25, 0.3) is 0 Å². The maximum absolute atomic E-state index is 12.3. The summed E-state index contributed by atoms with van der Waals surface area (Å²) in [5, 5.41) is 9.27. The average Bonchev–Trinajstić information content (AvgIpc) is 2.95. The number of carbonyl (C=O) groups is 2. The minimum Gasteiger partial charge on any atom is -0.480 e. The van der Waals surface area contributed by atoms with Crippen molar-refractivity contribution in [1.82, 2.24) is 4.90 Å². The van der Waals surface area contributed by atoms with Crippen LogP contribution in [0.1, 0.15) is 31.2 Å². The molecule has 1 fully saturated rings. The number of hydrogen-bond acceptors (Lipinski definition) is 3. The lowest BCUT2D eigenvalue weighted by Crippen LogP contribution is -2.45. The van der Waals surface area contributed by atoms with Gasteiger partial charge in [-0.3, -0.25) is 4.90 Å². The lowest BCUT2D eigenvalue weighted by atomic mass is 10.1. The molecule has 22 heavy (non-hydrogen) atoms. The van der Waals surface area contributed by atoms with Crippen molar-refractivity contribution in [3.63, 3.8) is 0 Å². The molecule has 116 valence electrons. The third-order valence-electron chi connectivity index (χ3n) is 3.83.